The molecule has 0 amide bonds. The Morgan fingerprint density at radius 2 is 2.14 bits per heavy atom. The average molecular weight is 122 g/mol. The molecule has 0 saturated carbocycles. The maximum absolute atomic E-state index is 11.9. The molecule has 0 atom stereocenters. The first-order valence-electron chi connectivity index (χ1n) is 2.14. The molecule has 0 spiro atoms. The van der Waals surface area contributed by atoms with Gasteiger partial charge in [0.1, 0.15) is 0 Å². The number of hydrogen-bond acceptors (Lipinski definition) is 0. The molecule has 0 aromatic rings. The zero-order chi connectivity index (χ0) is 5.91. The van der Waals surface area contributed by atoms with Gasteiger partial charge in [-0.1, -0.05) is 6.92 Å². The van der Waals surface area contributed by atoms with Crippen molar-refractivity contribution >= 4 is 8.74 Å². The summed E-state index contributed by atoms with van der Waals surface area (Å²) in [4.78, 5) is 0. The molecule has 0 aromatic carbocycles. The van der Waals surface area contributed by atoms with Gasteiger partial charge in [-0.3, -0.25) is 8.22 Å². The molecule has 42 valence electrons. The largest absolute Gasteiger partial charge is 0.447 e. The van der Waals surface area contributed by atoms with E-state index in [9.17, 15) is 8.22 Å². The maximum Gasteiger partial charge on any atom is 0.447 e. The molecule has 0 aromatic heterocycles. The molecule has 0 aliphatic rings. The minimum Gasteiger partial charge on any atom is -0.265 e. The lowest BCUT2D eigenvalue weighted by molar-refractivity contribution is 0.623. The Morgan fingerprint density at radius 3 is 2.14 bits per heavy atom. The fraction of sp³-hybridized carbons (Fsp3) is 0.500. The number of rotatable bonds is 2. The number of hydrogen-bond donors (Lipinski definition) is 0. The first-order chi connectivity index (χ1) is 3.12. The van der Waals surface area contributed by atoms with E-state index >= 15 is 0 Å². The maximum atomic E-state index is 11.9. The first kappa shape index (κ1) is 6.82. The third-order valence-corrected chi connectivity index (χ3v) is 2.31. The van der Waals surface area contributed by atoms with Gasteiger partial charge in [-0.2, -0.15) is 0 Å². The fourth-order valence-electron chi connectivity index (χ4n) is 0.144. The molecule has 0 saturated heterocycles. The molecule has 0 fully saturated rings. The van der Waals surface area contributed by atoms with Gasteiger partial charge in [0.2, 0.25) is 0 Å². The summed E-state index contributed by atoms with van der Waals surface area (Å²) in [7, 11) is -3.89. The van der Waals surface area contributed by atoms with E-state index in [2.05, 4.69) is 6.58 Å². The second-order valence-electron chi connectivity index (χ2n) is 1.32. The van der Waals surface area contributed by atoms with Crippen LogP contribution in [-0.2, 0) is 0 Å². The summed E-state index contributed by atoms with van der Waals surface area (Å²) in [5.41, 5.74) is 0.799. The van der Waals surface area contributed by atoms with E-state index in [1.165, 1.54) is 6.92 Å². The van der Waals surface area contributed by atoms with Gasteiger partial charge in [0.15, 0.2) is 0 Å². The van der Waals surface area contributed by atoms with E-state index in [4.69, 9.17) is 0 Å². The van der Waals surface area contributed by atoms with Crippen LogP contribution in [0.15, 0.2) is 12.3 Å². The summed E-state index contributed by atoms with van der Waals surface area (Å²) in [5.74, 6) is 0. The molecule has 0 radical (unpaired) electrons. The van der Waals surface area contributed by atoms with Crippen LogP contribution in [0.1, 0.15) is 6.92 Å². The van der Waals surface area contributed by atoms with Gasteiger partial charge in [0.25, 0.3) is 0 Å². The molecule has 0 bridgehead atoms. The zero-order valence-electron chi connectivity index (χ0n) is 4.25. The van der Waals surface area contributed by atoms with Crippen LogP contribution in [0.3, 0.4) is 0 Å². The topological polar surface area (TPSA) is 0 Å². The lowest BCUT2D eigenvalue weighted by atomic mass is 11.0. The second kappa shape index (κ2) is 2.21. The van der Waals surface area contributed by atoms with Gasteiger partial charge in [0, 0.05) is 0 Å². The lowest BCUT2D eigenvalue weighted by Crippen LogP contribution is -2.15. The Labute approximate surface area is 43.2 Å². The van der Waals surface area contributed by atoms with Crippen molar-refractivity contribution < 1.29 is 8.22 Å². The van der Waals surface area contributed by atoms with Crippen LogP contribution in [0.25, 0.3) is 0 Å². The van der Waals surface area contributed by atoms with Crippen LogP contribution < -0.4 is 0 Å². The molecule has 0 heterocycles. The molecule has 0 rings (SSSR count). The van der Waals surface area contributed by atoms with Gasteiger partial charge in [-0.05, 0) is 11.7 Å². The molecule has 0 aliphatic heterocycles. The van der Waals surface area contributed by atoms with Crippen molar-refractivity contribution in [3.05, 3.63) is 12.3 Å². The highest BCUT2D eigenvalue weighted by molar-refractivity contribution is 6.71. The highest BCUT2D eigenvalue weighted by atomic mass is 28.4. The van der Waals surface area contributed by atoms with E-state index in [1.54, 1.807) is 0 Å². The molecular formula is C4H8F2Si. The number of halogens is 2. The van der Waals surface area contributed by atoms with Crippen molar-refractivity contribution in [2.45, 2.75) is 13.0 Å². The standard InChI is InChI=1S/C4H8F2Si/c1-3-7(5,6)4-2/h3H,1,4H2,2H3. The summed E-state index contributed by atoms with van der Waals surface area (Å²) >= 11 is 0. The monoisotopic (exact) mass is 122 g/mol. The summed E-state index contributed by atoms with van der Waals surface area (Å²) in [6, 6.07) is -0.0174. The Hall–Kier alpha value is -0.183. The molecular weight excluding hydrogens is 114 g/mol. The van der Waals surface area contributed by atoms with Crippen molar-refractivity contribution in [3.8, 4) is 0 Å². The van der Waals surface area contributed by atoms with Crippen LogP contribution >= 0.6 is 0 Å². The van der Waals surface area contributed by atoms with Gasteiger partial charge >= 0.3 is 8.74 Å². The third kappa shape index (κ3) is 2.50. The lowest BCUT2D eigenvalue weighted by Gasteiger charge is -1.99. The van der Waals surface area contributed by atoms with Gasteiger partial charge in [-0.25, -0.2) is 0 Å². The summed E-state index contributed by atoms with van der Waals surface area (Å²) in [6.07, 6.45) is 0. The minimum atomic E-state index is -3.89. The minimum absolute atomic E-state index is 0.0174. The van der Waals surface area contributed by atoms with E-state index in [0.29, 0.717) is 0 Å². The summed E-state index contributed by atoms with van der Waals surface area (Å²) in [6.45, 7) is 4.49. The van der Waals surface area contributed by atoms with Crippen molar-refractivity contribution in [3.63, 3.8) is 0 Å². The van der Waals surface area contributed by atoms with Gasteiger partial charge < -0.3 is 0 Å². The fourth-order valence-corrected chi connectivity index (χ4v) is 0.433. The molecule has 7 heavy (non-hydrogen) atoms. The van der Waals surface area contributed by atoms with Crippen molar-refractivity contribution in [2.24, 2.45) is 0 Å². The Balaban J connectivity index is 3.58. The zero-order valence-corrected chi connectivity index (χ0v) is 5.25. The van der Waals surface area contributed by atoms with E-state index in [0.717, 1.165) is 5.70 Å². The molecule has 0 aliphatic carbocycles. The Kier molecular flexibility index (Phi) is 2.15. The second-order valence-corrected chi connectivity index (χ2v) is 3.96. The van der Waals surface area contributed by atoms with Crippen molar-refractivity contribution in [2.75, 3.05) is 0 Å². The first-order valence-corrected chi connectivity index (χ1v) is 4.18. The summed E-state index contributed by atoms with van der Waals surface area (Å²) < 4.78 is 23.8. The summed E-state index contributed by atoms with van der Waals surface area (Å²) in [5, 5.41) is 0. The Morgan fingerprint density at radius 1 is 1.71 bits per heavy atom. The Bertz CT molecular complexity index is 70.1. The van der Waals surface area contributed by atoms with Crippen LogP contribution in [0.2, 0.25) is 6.04 Å². The quantitative estimate of drug-likeness (QED) is 0.388. The van der Waals surface area contributed by atoms with E-state index in [1.807, 2.05) is 0 Å². The smallest absolute Gasteiger partial charge is 0.265 e. The normalized spacial score (nSPS) is 11.3. The average Bonchev–Trinajstić information content (AvgIpc) is 1.68. The van der Waals surface area contributed by atoms with Crippen LogP contribution in [0.5, 0.6) is 0 Å². The molecule has 0 N–H and O–H groups in total. The van der Waals surface area contributed by atoms with Gasteiger partial charge in [0.05, 0.1) is 0 Å². The van der Waals surface area contributed by atoms with E-state index < -0.39 is 8.74 Å². The predicted octanol–water partition coefficient (Wildman–Crippen LogP) is 2.11. The highest BCUT2D eigenvalue weighted by Crippen LogP contribution is 2.11. The van der Waals surface area contributed by atoms with Crippen LogP contribution in [0, 0.1) is 0 Å². The molecule has 0 nitrogen and oxygen atoms in total. The predicted molar refractivity (Wildman–Crippen MR) is 28.6 cm³/mol. The highest BCUT2D eigenvalue weighted by Gasteiger charge is 2.26. The SMILES string of the molecule is C=C[Si](F)(F)CC. The van der Waals surface area contributed by atoms with E-state index in [-0.39, 0.29) is 6.04 Å². The third-order valence-electron chi connectivity index (χ3n) is 0.770. The van der Waals surface area contributed by atoms with Crippen LogP contribution in [0.4, 0.5) is 8.22 Å². The van der Waals surface area contributed by atoms with Gasteiger partial charge in [-0.15, -0.1) is 6.58 Å². The molecule has 3 heteroatoms. The molecule has 0 unspecified atom stereocenters. The van der Waals surface area contributed by atoms with Crippen LogP contribution in [-0.4, -0.2) is 8.74 Å². The van der Waals surface area contributed by atoms with Crippen molar-refractivity contribution in [1.29, 1.82) is 0 Å². The van der Waals surface area contributed by atoms with Crippen molar-refractivity contribution in [1.82, 2.24) is 0 Å².